The van der Waals surface area contributed by atoms with E-state index in [0.717, 1.165) is 17.0 Å². The predicted molar refractivity (Wildman–Crippen MR) is 62.3 cm³/mol. The number of benzene rings is 1. The first-order valence-corrected chi connectivity index (χ1v) is 5.85. The fourth-order valence-corrected chi connectivity index (χ4v) is 1.83. The molecule has 0 spiro atoms. The minimum atomic E-state index is 0.609. The van der Waals surface area contributed by atoms with Gasteiger partial charge in [-0.2, -0.15) is 0 Å². The monoisotopic (exact) mass is 219 g/mol. The molecule has 0 N–H and O–H groups in total. The van der Waals surface area contributed by atoms with E-state index in [1.165, 1.54) is 5.56 Å². The van der Waals surface area contributed by atoms with Crippen LogP contribution in [0.25, 0.3) is 0 Å². The van der Waals surface area contributed by atoms with Gasteiger partial charge in [-0.25, -0.2) is 0 Å². The van der Waals surface area contributed by atoms with Crippen LogP contribution in [-0.4, -0.2) is 4.98 Å². The van der Waals surface area contributed by atoms with Crippen molar-refractivity contribution in [2.45, 2.75) is 20.0 Å². The molecule has 0 fully saturated rings. The Kier molecular flexibility index (Phi) is 3.35. The Labute approximate surface area is 93.6 Å². The lowest BCUT2D eigenvalue weighted by atomic mass is 10.2. The van der Waals surface area contributed by atoms with Gasteiger partial charge in [-0.05, 0) is 24.1 Å². The van der Waals surface area contributed by atoms with Crippen molar-refractivity contribution in [2.75, 3.05) is 0 Å². The molecule has 15 heavy (non-hydrogen) atoms. The predicted octanol–water partition coefficient (Wildman–Crippen LogP) is 3.28. The summed E-state index contributed by atoms with van der Waals surface area (Å²) < 4.78 is 5.66. The van der Waals surface area contributed by atoms with E-state index in [1.807, 2.05) is 23.8 Å². The molecule has 2 nitrogen and oxygen atoms in total. The molecule has 78 valence electrons. The van der Waals surface area contributed by atoms with E-state index in [0.29, 0.717) is 6.61 Å². The Morgan fingerprint density at radius 1 is 1.40 bits per heavy atom. The average molecular weight is 219 g/mol. The molecule has 2 aromatic rings. The molecule has 0 aliphatic heterocycles. The van der Waals surface area contributed by atoms with Crippen molar-refractivity contribution in [1.82, 2.24) is 4.98 Å². The fourth-order valence-electron chi connectivity index (χ4n) is 1.32. The van der Waals surface area contributed by atoms with E-state index >= 15 is 0 Å². The normalized spacial score (nSPS) is 10.2. The van der Waals surface area contributed by atoms with E-state index in [-0.39, 0.29) is 0 Å². The van der Waals surface area contributed by atoms with Gasteiger partial charge in [-0.3, -0.25) is 4.98 Å². The van der Waals surface area contributed by atoms with Crippen molar-refractivity contribution in [1.29, 1.82) is 0 Å². The van der Waals surface area contributed by atoms with Crippen molar-refractivity contribution in [3.8, 4) is 5.75 Å². The van der Waals surface area contributed by atoms with Crippen LogP contribution in [0.4, 0.5) is 0 Å². The second kappa shape index (κ2) is 4.94. The molecule has 0 saturated carbocycles. The van der Waals surface area contributed by atoms with E-state index in [2.05, 4.69) is 24.0 Å². The second-order valence-electron chi connectivity index (χ2n) is 3.26. The lowest BCUT2D eigenvalue weighted by Gasteiger charge is -2.05. The third kappa shape index (κ3) is 2.80. The highest BCUT2D eigenvalue weighted by molar-refractivity contribution is 7.09. The Morgan fingerprint density at radius 3 is 3.07 bits per heavy atom. The number of aromatic nitrogens is 1. The van der Waals surface area contributed by atoms with Crippen LogP contribution in [0.1, 0.15) is 17.4 Å². The third-order valence-corrected chi connectivity index (χ3v) is 2.92. The first kappa shape index (κ1) is 10.2. The molecule has 0 unspecified atom stereocenters. The minimum absolute atomic E-state index is 0.609. The standard InChI is InChI=1S/C12H13NOS/c1-2-10-4-3-5-11(6-10)14-8-12-7-13-9-15-12/h3-7,9H,2,8H2,1H3. The summed E-state index contributed by atoms with van der Waals surface area (Å²) in [5.41, 5.74) is 3.12. The van der Waals surface area contributed by atoms with Gasteiger partial charge in [-0.1, -0.05) is 19.1 Å². The summed E-state index contributed by atoms with van der Waals surface area (Å²) in [5, 5.41) is 0. The van der Waals surface area contributed by atoms with Crippen LogP contribution in [-0.2, 0) is 13.0 Å². The summed E-state index contributed by atoms with van der Waals surface area (Å²) in [4.78, 5) is 5.16. The van der Waals surface area contributed by atoms with Crippen LogP contribution in [0.5, 0.6) is 5.75 Å². The Bertz CT molecular complexity index is 411. The van der Waals surface area contributed by atoms with Gasteiger partial charge in [0.15, 0.2) is 0 Å². The molecule has 0 aliphatic carbocycles. The summed E-state index contributed by atoms with van der Waals surface area (Å²) >= 11 is 1.62. The van der Waals surface area contributed by atoms with Crippen LogP contribution in [0.3, 0.4) is 0 Å². The summed E-state index contributed by atoms with van der Waals surface area (Å²) in [6.07, 6.45) is 2.88. The van der Waals surface area contributed by atoms with Crippen molar-refractivity contribution < 1.29 is 4.74 Å². The third-order valence-electron chi connectivity index (χ3n) is 2.17. The molecule has 1 heterocycles. The molecule has 1 aromatic carbocycles. The summed E-state index contributed by atoms with van der Waals surface area (Å²) in [6.45, 7) is 2.75. The first-order valence-electron chi connectivity index (χ1n) is 4.97. The minimum Gasteiger partial charge on any atom is -0.488 e. The lowest BCUT2D eigenvalue weighted by Crippen LogP contribution is -1.93. The van der Waals surface area contributed by atoms with Crippen LogP contribution in [0.2, 0.25) is 0 Å². The largest absolute Gasteiger partial charge is 0.488 e. The number of ether oxygens (including phenoxy) is 1. The molecule has 1 aromatic heterocycles. The topological polar surface area (TPSA) is 22.1 Å². The highest BCUT2D eigenvalue weighted by Gasteiger charge is 1.98. The molecule has 3 heteroatoms. The highest BCUT2D eigenvalue weighted by atomic mass is 32.1. The molecular formula is C12H13NOS. The van der Waals surface area contributed by atoms with Crippen LogP contribution in [0, 0.1) is 0 Å². The number of rotatable bonds is 4. The van der Waals surface area contributed by atoms with Crippen LogP contribution < -0.4 is 4.74 Å². The van der Waals surface area contributed by atoms with Gasteiger partial charge in [0.2, 0.25) is 0 Å². The van der Waals surface area contributed by atoms with E-state index < -0.39 is 0 Å². The number of thiazole rings is 1. The van der Waals surface area contributed by atoms with Crippen LogP contribution >= 0.6 is 11.3 Å². The molecular weight excluding hydrogens is 206 g/mol. The van der Waals surface area contributed by atoms with Gasteiger partial charge in [0.1, 0.15) is 12.4 Å². The van der Waals surface area contributed by atoms with Gasteiger partial charge >= 0.3 is 0 Å². The average Bonchev–Trinajstić information content (AvgIpc) is 2.79. The molecule has 0 radical (unpaired) electrons. The Hall–Kier alpha value is -1.35. The number of nitrogens with zero attached hydrogens (tertiary/aromatic N) is 1. The highest BCUT2D eigenvalue weighted by Crippen LogP contribution is 2.16. The quantitative estimate of drug-likeness (QED) is 0.787. The van der Waals surface area contributed by atoms with Gasteiger partial charge in [0.25, 0.3) is 0 Å². The van der Waals surface area contributed by atoms with Crippen molar-refractivity contribution in [3.05, 3.63) is 46.4 Å². The summed E-state index contributed by atoms with van der Waals surface area (Å²) in [7, 11) is 0. The zero-order chi connectivity index (χ0) is 10.5. The van der Waals surface area contributed by atoms with Gasteiger partial charge in [0.05, 0.1) is 10.4 Å². The summed E-state index contributed by atoms with van der Waals surface area (Å²) in [5.74, 6) is 0.933. The van der Waals surface area contributed by atoms with E-state index in [4.69, 9.17) is 4.74 Å². The maximum absolute atomic E-state index is 5.66. The molecule has 2 rings (SSSR count). The molecule has 0 amide bonds. The molecule has 0 bridgehead atoms. The first-order chi connectivity index (χ1) is 7.38. The molecule has 0 aliphatic rings. The van der Waals surface area contributed by atoms with Crippen molar-refractivity contribution in [2.24, 2.45) is 0 Å². The second-order valence-corrected chi connectivity index (χ2v) is 4.23. The fraction of sp³-hybridized carbons (Fsp3) is 0.250. The van der Waals surface area contributed by atoms with Crippen LogP contribution in [0.15, 0.2) is 36.0 Å². The zero-order valence-corrected chi connectivity index (χ0v) is 9.46. The summed E-state index contributed by atoms with van der Waals surface area (Å²) in [6, 6.07) is 8.21. The van der Waals surface area contributed by atoms with E-state index in [1.54, 1.807) is 11.3 Å². The number of aryl methyl sites for hydroxylation is 1. The maximum atomic E-state index is 5.66. The van der Waals surface area contributed by atoms with E-state index in [9.17, 15) is 0 Å². The maximum Gasteiger partial charge on any atom is 0.124 e. The van der Waals surface area contributed by atoms with Gasteiger partial charge in [-0.15, -0.1) is 11.3 Å². The van der Waals surface area contributed by atoms with Gasteiger partial charge in [0, 0.05) is 6.20 Å². The Morgan fingerprint density at radius 2 is 2.33 bits per heavy atom. The molecule has 0 saturated heterocycles. The van der Waals surface area contributed by atoms with Crippen molar-refractivity contribution in [3.63, 3.8) is 0 Å². The van der Waals surface area contributed by atoms with Gasteiger partial charge < -0.3 is 4.74 Å². The SMILES string of the molecule is CCc1cccc(OCc2cncs2)c1. The Balaban J connectivity index is 1.98. The smallest absolute Gasteiger partial charge is 0.124 e. The lowest BCUT2D eigenvalue weighted by molar-refractivity contribution is 0.309. The number of hydrogen-bond acceptors (Lipinski definition) is 3. The zero-order valence-electron chi connectivity index (χ0n) is 8.64. The number of hydrogen-bond donors (Lipinski definition) is 0. The van der Waals surface area contributed by atoms with Crippen molar-refractivity contribution >= 4 is 11.3 Å². The molecule has 0 atom stereocenters.